The van der Waals surface area contributed by atoms with Crippen molar-refractivity contribution in [1.82, 2.24) is 9.55 Å². The topological polar surface area (TPSA) is 55.1 Å². The summed E-state index contributed by atoms with van der Waals surface area (Å²) in [5, 5.41) is 8.75. The number of hydrogen-bond donors (Lipinski definition) is 1. The molecule has 0 saturated heterocycles. The van der Waals surface area contributed by atoms with Gasteiger partial charge in [-0.2, -0.15) is 0 Å². The Morgan fingerprint density at radius 1 is 1.35 bits per heavy atom. The van der Waals surface area contributed by atoms with Crippen LogP contribution in [0.25, 0.3) is 0 Å². The molecule has 0 aliphatic carbocycles. The summed E-state index contributed by atoms with van der Waals surface area (Å²) in [6, 6.07) is 9.18. The number of aliphatic hydroxyl groups is 1. The average molecular weight is 268 g/mol. The molecule has 2 rings (SSSR count). The molecule has 20 heavy (non-hydrogen) atoms. The first kappa shape index (κ1) is 14.0. The van der Waals surface area contributed by atoms with E-state index in [4.69, 9.17) is 5.11 Å². The first-order valence-corrected chi connectivity index (χ1v) is 6.41. The minimum atomic E-state index is -0.0735. The van der Waals surface area contributed by atoms with E-state index < -0.39 is 0 Å². The summed E-state index contributed by atoms with van der Waals surface area (Å²) < 4.78 is 1.56. The molecule has 1 aromatic carbocycles. The fourth-order valence-electron chi connectivity index (χ4n) is 1.81. The largest absolute Gasteiger partial charge is 0.395 e. The number of aryl methyl sites for hydroxylation is 1. The van der Waals surface area contributed by atoms with E-state index in [0.29, 0.717) is 18.7 Å². The second-order valence-electron chi connectivity index (χ2n) is 4.43. The lowest BCUT2D eigenvalue weighted by Gasteiger charge is -2.07. The van der Waals surface area contributed by atoms with Gasteiger partial charge in [-0.25, -0.2) is 4.98 Å². The van der Waals surface area contributed by atoms with E-state index in [1.165, 1.54) is 6.07 Å². The molecule has 0 saturated carbocycles. The fourth-order valence-corrected chi connectivity index (χ4v) is 1.81. The quantitative estimate of drug-likeness (QED) is 0.855. The average Bonchev–Trinajstić information content (AvgIpc) is 2.44. The third-order valence-corrected chi connectivity index (χ3v) is 2.83. The van der Waals surface area contributed by atoms with Crippen molar-refractivity contribution in [3.05, 3.63) is 63.8 Å². The molecule has 1 aromatic heterocycles. The highest BCUT2D eigenvalue weighted by Crippen LogP contribution is 2.08. The first-order chi connectivity index (χ1) is 9.70. The molecule has 1 heterocycles. The van der Waals surface area contributed by atoms with Crippen LogP contribution in [0.15, 0.2) is 41.5 Å². The van der Waals surface area contributed by atoms with Crippen LogP contribution >= 0.6 is 0 Å². The molecule has 1 N–H and O–H groups in total. The molecule has 102 valence electrons. The lowest BCUT2D eigenvalue weighted by molar-refractivity contribution is 0.305. The van der Waals surface area contributed by atoms with Gasteiger partial charge in [0.25, 0.3) is 5.56 Å². The molecule has 4 nitrogen and oxygen atoms in total. The number of aliphatic hydroxyl groups excluding tert-OH is 1. The SMILES string of the molecule is Cc1cc(=O)n(Cc2ccccc2C#CCCO)cn1. The van der Waals surface area contributed by atoms with E-state index in [2.05, 4.69) is 16.8 Å². The Kier molecular flexibility index (Phi) is 4.70. The Balaban J connectivity index is 2.30. The van der Waals surface area contributed by atoms with Crippen LogP contribution in [0.5, 0.6) is 0 Å². The lowest BCUT2D eigenvalue weighted by Crippen LogP contribution is -2.20. The Morgan fingerprint density at radius 3 is 2.90 bits per heavy atom. The number of benzene rings is 1. The molecule has 0 spiro atoms. The van der Waals surface area contributed by atoms with Crippen molar-refractivity contribution in [2.45, 2.75) is 19.9 Å². The molecule has 4 heteroatoms. The maximum atomic E-state index is 11.9. The van der Waals surface area contributed by atoms with Gasteiger partial charge in [-0.05, 0) is 18.6 Å². The summed E-state index contributed by atoms with van der Waals surface area (Å²) in [5.41, 5.74) is 2.47. The van der Waals surface area contributed by atoms with Crippen LogP contribution in [-0.4, -0.2) is 21.3 Å². The van der Waals surface area contributed by atoms with Crippen molar-refractivity contribution in [1.29, 1.82) is 0 Å². The number of aromatic nitrogens is 2. The van der Waals surface area contributed by atoms with Crippen molar-refractivity contribution in [3.63, 3.8) is 0 Å². The lowest BCUT2D eigenvalue weighted by atomic mass is 10.1. The zero-order valence-corrected chi connectivity index (χ0v) is 11.3. The van der Waals surface area contributed by atoms with Gasteiger partial charge in [-0.1, -0.05) is 30.0 Å². The molecule has 0 aliphatic heterocycles. The smallest absolute Gasteiger partial charge is 0.253 e. The summed E-state index contributed by atoms with van der Waals surface area (Å²) in [4.78, 5) is 16.0. The highest BCUT2D eigenvalue weighted by Gasteiger charge is 2.02. The monoisotopic (exact) mass is 268 g/mol. The second kappa shape index (κ2) is 6.69. The standard InChI is InChI=1S/C16H16N2O2/c1-13-10-16(20)18(12-17-13)11-15-8-3-2-6-14(15)7-4-5-9-19/h2-3,6,8,10,12,19H,5,9,11H2,1H3. The van der Waals surface area contributed by atoms with Crippen molar-refractivity contribution in [2.75, 3.05) is 6.61 Å². The van der Waals surface area contributed by atoms with Gasteiger partial charge in [0.2, 0.25) is 0 Å². The molecule has 0 amide bonds. The van der Waals surface area contributed by atoms with E-state index in [1.54, 1.807) is 17.8 Å². The Bertz CT molecular complexity index is 708. The third kappa shape index (κ3) is 3.56. The van der Waals surface area contributed by atoms with E-state index in [9.17, 15) is 4.79 Å². The minimum Gasteiger partial charge on any atom is -0.395 e. The predicted molar refractivity (Wildman–Crippen MR) is 77.4 cm³/mol. The molecule has 0 aliphatic rings. The highest BCUT2D eigenvalue weighted by molar-refractivity contribution is 5.41. The minimum absolute atomic E-state index is 0.0521. The van der Waals surface area contributed by atoms with Crippen molar-refractivity contribution in [2.24, 2.45) is 0 Å². The van der Waals surface area contributed by atoms with Gasteiger partial charge in [0.05, 0.1) is 19.5 Å². The van der Waals surface area contributed by atoms with Gasteiger partial charge < -0.3 is 5.11 Å². The summed E-state index contributed by atoms with van der Waals surface area (Å²) in [5.74, 6) is 5.92. The van der Waals surface area contributed by atoms with E-state index in [0.717, 1.165) is 11.1 Å². The molecule has 0 unspecified atom stereocenters. The molecule has 0 fully saturated rings. The normalized spacial score (nSPS) is 9.90. The Hall–Kier alpha value is -2.38. The van der Waals surface area contributed by atoms with Crippen LogP contribution < -0.4 is 5.56 Å². The van der Waals surface area contributed by atoms with Crippen molar-refractivity contribution >= 4 is 0 Å². The van der Waals surface area contributed by atoms with Crippen LogP contribution in [0, 0.1) is 18.8 Å². The first-order valence-electron chi connectivity index (χ1n) is 6.41. The van der Waals surface area contributed by atoms with Gasteiger partial charge in [-0.3, -0.25) is 9.36 Å². The zero-order chi connectivity index (χ0) is 14.4. The van der Waals surface area contributed by atoms with Gasteiger partial charge >= 0.3 is 0 Å². The summed E-state index contributed by atoms with van der Waals surface area (Å²) in [6.45, 7) is 2.28. The highest BCUT2D eigenvalue weighted by atomic mass is 16.2. The van der Waals surface area contributed by atoms with E-state index in [-0.39, 0.29) is 12.2 Å². The molecule has 0 radical (unpaired) electrons. The molecular formula is C16H16N2O2. The Labute approximate surface area is 117 Å². The van der Waals surface area contributed by atoms with Gasteiger partial charge in [0, 0.05) is 23.7 Å². The van der Waals surface area contributed by atoms with Crippen LogP contribution in [0.2, 0.25) is 0 Å². The summed E-state index contributed by atoms with van der Waals surface area (Å²) >= 11 is 0. The third-order valence-electron chi connectivity index (χ3n) is 2.83. The molecular weight excluding hydrogens is 252 g/mol. The fraction of sp³-hybridized carbons (Fsp3) is 0.250. The van der Waals surface area contributed by atoms with E-state index in [1.807, 2.05) is 24.3 Å². The van der Waals surface area contributed by atoms with Crippen molar-refractivity contribution in [3.8, 4) is 11.8 Å². The summed E-state index contributed by atoms with van der Waals surface area (Å²) in [7, 11) is 0. The Morgan fingerprint density at radius 2 is 2.15 bits per heavy atom. The maximum absolute atomic E-state index is 11.9. The van der Waals surface area contributed by atoms with Crippen LogP contribution in [0.1, 0.15) is 23.2 Å². The molecule has 2 aromatic rings. The number of nitrogens with zero attached hydrogens (tertiary/aromatic N) is 2. The summed E-state index contributed by atoms with van der Waals surface area (Å²) in [6.07, 6.45) is 2.00. The zero-order valence-electron chi connectivity index (χ0n) is 11.3. The number of rotatable bonds is 3. The molecule has 0 atom stereocenters. The van der Waals surface area contributed by atoms with Gasteiger partial charge in [-0.15, -0.1) is 0 Å². The molecule has 0 bridgehead atoms. The maximum Gasteiger partial charge on any atom is 0.253 e. The predicted octanol–water partition coefficient (Wildman–Crippen LogP) is 1.33. The van der Waals surface area contributed by atoms with Gasteiger partial charge in [0.1, 0.15) is 0 Å². The van der Waals surface area contributed by atoms with Crippen LogP contribution in [-0.2, 0) is 6.54 Å². The van der Waals surface area contributed by atoms with Gasteiger partial charge in [0.15, 0.2) is 0 Å². The van der Waals surface area contributed by atoms with Crippen LogP contribution in [0.4, 0.5) is 0 Å². The van der Waals surface area contributed by atoms with Crippen molar-refractivity contribution < 1.29 is 5.11 Å². The number of hydrogen-bond acceptors (Lipinski definition) is 3. The van der Waals surface area contributed by atoms with Crippen LogP contribution in [0.3, 0.4) is 0 Å². The second-order valence-corrected chi connectivity index (χ2v) is 4.43. The van der Waals surface area contributed by atoms with E-state index >= 15 is 0 Å².